The van der Waals surface area contributed by atoms with Crippen molar-refractivity contribution in [3.63, 3.8) is 0 Å². The Hall–Kier alpha value is -3.05. The first kappa shape index (κ1) is 34.8. The van der Waals surface area contributed by atoms with Crippen LogP contribution < -0.4 is 10.6 Å². The number of hydrogen-bond donors (Lipinski definition) is 3. The van der Waals surface area contributed by atoms with Gasteiger partial charge in [0.2, 0.25) is 19.2 Å². The topological polar surface area (TPSA) is 151 Å². The molecular weight excluding hydrogens is 611 g/mol. The highest BCUT2D eigenvalue weighted by Crippen LogP contribution is 2.71. The highest BCUT2D eigenvalue weighted by molar-refractivity contribution is 7.59. The van der Waals surface area contributed by atoms with Crippen molar-refractivity contribution in [2.75, 3.05) is 6.54 Å². The highest BCUT2D eigenvalue weighted by atomic mass is 31.2. The lowest BCUT2D eigenvalue weighted by atomic mass is 10.1. The molecule has 7 atom stereocenters. The monoisotopic (exact) mass is 655 g/mol. The van der Waals surface area contributed by atoms with Crippen molar-refractivity contribution >= 4 is 31.2 Å². The van der Waals surface area contributed by atoms with Gasteiger partial charge >= 0.3 is 12.1 Å². The molecule has 2 aliphatic heterocycles. The van der Waals surface area contributed by atoms with Crippen molar-refractivity contribution in [2.45, 2.75) is 121 Å². The van der Waals surface area contributed by atoms with Crippen LogP contribution in [0.4, 0.5) is 13.6 Å². The number of carbonyl (C=O) groups excluding carboxylic acids is 4. The molecule has 0 spiro atoms. The molecule has 1 aliphatic carbocycles. The molecular formula is C31H44F2N3O8P. The molecule has 4 rings (SSSR count). The van der Waals surface area contributed by atoms with Crippen molar-refractivity contribution < 1.29 is 46.9 Å². The largest absolute Gasteiger partial charge is 0.460 e. The molecule has 0 bridgehead atoms. The number of esters is 1. The molecule has 3 aliphatic rings. The SMILES string of the molecule is CCCC(CC)OC(=O)NC1C(=O)N2CCC[C@H]2C(=O)N[C@]2(P(=O)(O)Cc3c(F)cccc3F)C[C@H]2CCCCC(=O)OC1C. The lowest BCUT2D eigenvalue weighted by Crippen LogP contribution is -2.58. The van der Waals surface area contributed by atoms with Gasteiger partial charge in [-0.2, -0.15) is 0 Å². The van der Waals surface area contributed by atoms with E-state index in [2.05, 4.69) is 10.6 Å². The first-order chi connectivity index (χ1) is 21.3. The summed E-state index contributed by atoms with van der Waals surface area (Å²) >= 11 is 0. The molecule has 4 unspecified atom stereocenters. The molecule has 3 N–H and O–H groups in total. The van der Waals surface area contributed by atoms with Crippen LogP contribution in [-0.2, 0) is 34.6 Å². The van der Waals surface area contributed by atoms with Gasteiger partial charge in [0.1, 0.15) is 41.2 Å². The summed E-state index contributed by atoms with van der Waals surface area (Å²) in [7, 11) is -4.46. The minimum atomic E-state index is -4.46. The van der Waals surface area contributed by atoms with Gasteiger partial charge in [-0.3, -0.25) is 18.9 Å². The summed E-state index contributed by atoms with van der Waals surface area (Å²) in [6, 6.07) is 0.772. The molecule has 2 heterocycles. The fraction of sp³-hybridized carbons (Fsp3) is 0.677. The number of nitrogens with zero attached hydrogens (tertiary/aromatic N) is 1. The fourth-order valence-electron chi connectivity index (χ4n) is 6.50. The van der Waals surface area contributed by atoms with E-state index in [0.717, 1.165) is 24.6 Å². The number of rotatable bonds is 8. The normalized spacial score (nSPS) is 29.6. The maximum atomic E-state index is 14.5. The molecule has 45 heavy (non-hydrogen) atoms. The third-order valence-electron chi connectivity index (χ3n) is 9.16. The van der Waals surface area contributed by atoms with Crippen LogP contribution in [0.3, 0.4) is 0 Å². The molecule has 0 aromatic heterocycles. The molecule has 3 fully saturated rings. The van der Waals surface area contributed by atoms with E-state index in [4.69, 9.17) is 9.47 Å². The zero-order valence-corrected chi connectivity index (χ0v) is 27.0. The Labute approximate surface area is 262 Å². The van der Waals surface area contributed by atoms with Gasteiger partial charge in [-0.25, -0.2) is 13.6 Å². The van der Waals surface area contributed by atoms with Gasteiger partial charge in [-0.05, 0) is 69.9 Å². The second-order valence-corrected chi connectivity index (χ2v) is 14.9. The smallest absolute Gasteiger partial charge is 0.408 e. The number of cyclic esters (lactones) is 1. The van der Waals surface area contributed by atoms with E-state index in [1.165, 1.54) is 11.8 Å². The van der Waals surface area contributed by atoms with Crippen molar-refractivity contribution in [3.8, 4) is 0 Å². The Morgan fingerprint density at radius 2 is 1.91 bits per heavy atom. The van der Waals surface area contributed by atoms with E-state index >= 15 is 0 Å². The second-order valence-electron chi connectivity index (χ2n) is 12.4. The Morgan fingerprint density at radius 3 is 2.58 bits per heavy atom. The second kappa shape index (κ2) is 14.6. The molecule has 0 radical (unpaired) electrons. The minimum absolute atomic E-state index is 0.000250. The van der Waals surface area contributed by atoms with Gasteiger partial charge in [0, 0.05) is 18.5 Å². The van der Waals surface area contributed by atoms with E-state index in [0.29, 0.717) is 38.5 Å². The molecule has 2 saturated heterocycles. The number of alkyl carbamates (subject to hydrolysis) is 1. The summed E-state index contributed by atoms with van der Waals surface area (Å²) < 4.78 is 54.0. The van der Waals surface area contributed by atoms with Gasteiger partial charge in [0.05, 0.1) is 6.16 Å². The molecule has 1 aromatic rings. The number of carbonyl (C=O) groups is 4. The van der Waals surface area contributed by atoms with Crippen molar-refractivity contribution in [2.24, 2.45) is 5.92 Å². The average molecular weight is 656 g/mol. The summed E-state index contributed by atoms with van der Waals surface area (Å²) in [6.07, 6.45) is 0.863. The predicted molar refractivity (Wildman–Crippen MR) is 160 cm³/mol. The van der Waals surface area contributed by atoms with Gasteiger partial charge in [-0.1, -0.05) is 32.8 Å². The number of amides is 3. The Bertz CT molecular complexity index is 1310. The van der Waals surface area contributed by atoms with E-state index in [-0.39, 0.29) is 31.9 Å². The van der Waals surface area contributed by atoms with Crippen LogP contribution in [0.5, 0.6) is 0 Å². The van der Waals surface area contributed by atoms with Crippen LogP contribution in [0.1, 0.15) is 90.5 Å². The van der Waals surface area contributed by atoms with Crippen LogP contribution in [0.25, 0.3) is 0 Å². The summed E-state index contributed by atoms with van der Waals surface area (Å²) in [5.41, 5.74) is -0.534. The molecule has 1 saturated carbocycles. The highest BCUT2D eigenvalue weighted by Gasteiger charge is 2.66. The van der Waals surface area contributed by atoms with E-state index in [1.807, 2.05) is 13.8 Å². The Balaban J connectivity index is 1.61. The molecule has 14 heteroatoms. The Morgan fingerprint density at radius 1 is 1.20 bits per heavy atom. The fourth-order valence-corrected chi connectivity index (χ4v) is 9.00. The van der Waals surface area contributed by atoms with Crippen LogP contribution in [0, 0.1) is 17.6 Å². The standard InChI is InChI=1S/C31H44F2N3O8P/c1-4-10-21(5-2)44-30(40)34-27-19(3)43-26(37)15-7-6-11-20-17-31(20,35-28(38)25-14-9-16-36(25)29(27)39)45(41,42)18-22-23(32)12-8-13-24(22)33/h8,12-13,19-21,25,27H,4-7,9-11,14-18H2,1-3H3,(H,34,40)(H,35,38)(H,41,42)/t19?,20-,21?,25+,27?,31+/m1/s1. The molecule has 3 amide bonds. The molecule has 11 nitrogen and oxygen atoms in total. The van der Waals surface area contributed by atoms with Gasteiger partial charge in [0.25, 0.3) is 0 Å². The first-order valence-electron chi connectivity index (χ1n) is 15.9. The summed E-state index contributed by atoms with van der Waals surface area (Å²) in [6.45, 7) is 5.47. The molecule has 1 aromatic carbocycles. The third kappa shape index (κ3) is 7.85. The van der Waals surface area contributed by atoms with Gasteiger partial charge in [0.15, 0.2) is 0 Å². The third-order valence-corrected chi connectivity index (χ3v) is 11.8. The number of nitrogens with one attached hydrogen (secondary N) is 2. The summed E-state index contributed by atoms with van der Waals surface area (Å²) in [4.78, 5) is 65.9. The quantitative estimate of drug-likeness (QED) is 0.269. The van der Waals surface area contributed by atoms with E-state index in [9.17, 15) is 37.4 Å². The predicted octanol–water partition coefficient (Wildman–Crippen LogP) is 4.74. The number of ether oxygens (including phenoxy) is 2. The van der Waals surface area contributed by atoms with Crippen molar-refractivity contribution in [3.05, 3.63) is 35.4 Å². The van der Waals surface area contributed by atoms with Crippen molar-refractivity contribution in [1.29, 1.82) is 0 Å². The van der Waals surface area contributed by atoms with Crippen molar-refractivity contribution in [1.82, 2.24) is 15.5 Å². The number of halogens is 2. The van der Waals surface area contributed by atoms with Crippen LogP contribution in [0.15, 0.2) is 18.2 Å². The zero-order chi connectivity index (χ0) is 32.9. The minimum Gasteiger partial charge on any atom is -0.460 e. The summed E-state index contributed by atoms with van der Waals surface area (Å²) in [5.74, 6) is -4.31. The van der Waals surface area contributed by atoms with E-state index in [1.54, 1.807) is 0 Å². The average Bonchev–Trinajstić information content (AvgIpc) is 3.46. The maximum absolute atomic E-state index is 14.5. The first-order valence-corrected chi connectivity index (χ1v) is 17.7. The van der Waals surface area contributed by atoms with Gasteiger partial charge < -0.3 is 29.9 Å². The Kier molecular flexibility index (Phi) is 11.3. The molecule has 250 valence electrons. The van der Waals surface area contributed by atoms with Crippen LogP contribution >= 0.6 is 7.37 Å². The number of hydrogen-bond acceptors (Lipinski definition) is 7. The summed E-state index contributed by atoms with van der Waals surface area (Å²) in [5, 5.41) is 3.66. The lowest BCUT2D eigenvalue weighted by molar-refractivity contribution is -0.154. The number of benzene rings is 1. The lowest BCUT2D eigenvalue weighted by Gasteiger charge is -2.33. The van der Waals surface area contributed by atoms with Crippen LogP contribution in [0.2, 0.25) is 0 Å². The van der Waals surface area contributed by atoms with Gasteiger partial charge in [-0.15, -0.1) is 0 Å². The zero-order valence-electron chi connectivity index (χ0n) is 26.1. The van der Waals surface area contributed by atoms with E-state index < -0.39 is 84.0 Å². The number of fused-ring (bicyclic) bond motifs is 2. The van der Waals surface area contributed by atoms with Crippen LogP contribution in [-0.4, -0.2) is 69.8 Å². The maximum Gasteiger partial charge on any atom is 0.408 e.